The second-order valence-corrected chi connectivity index (χ2v) is 6.68. The topological polar surface area (TPSA) is 24.9 Å². The molecular weight excluding hydrogens is 319 g/mol. The number of rotatable bonds is 7. The third kappa shape index (κ3) is 4.42. The lowest BCUT2D eigenvalue weighted by atomic mass is 10.1. The predicted molar refractivity (Wildman–Crippen MR) is 100 cm³/mol. The van der Waals surface area contributed by atoms with E-state index in [4.69, 9.17) is 0 Å². The Morgan fingerprint density at radius 3 is 2.46 bits per heavy atom. The van der Waals surface area contributed by atoms with Crippen molar-refractivity contribution in [1.29, 1.82) is 0 Å². The normalized spacial score (nSPS) is 10.8. The first-order valence-electron chi connectivity index (χ1n) is 8.32. The molecule has 0 unspecified atom stereocenters. The summed E-state index contributed by atoms with van der Waals surface area (Å²) < 4.78 is 13.0. The van der Waals surface area contributed by atoms with E-state index in [0.29, 0.717) is 0 Å². The SMILES string of the molecule is CCCCCc1ccc(Nc2nc(-c3ccc(F)cc3)cs2)cc1. The molecule has 2 aromatic carbocycles. The van der Waals surface area contributed by atoms with Crippen molar-refractivity contribution >= 4 is 22.2 Å². The van der Waals surface area contributed by atoms with Crippen LogP contribution in [0.2, 0.25) is 0 Å². The second kappa shape index (κ2) is 8.06. The first-order valence-corrected chi connectivity index (χ1v) is 9.20. The average Bonchev–Trinajstić information content (AvgIpc) is 3.06. The molecule has 0 fully saturated rings. The Labute approximate surface area is 146 Å². The highest BCUT2D eigenvalue weighted by Crippen LogP contribution is 2.27. The molecule has 1 aromatic heterocycles. The van der Waals surface area contributed by atoms with E-state index in [1.807, 2.05) is 5.38 Å². The Bertz CT molecular complexity index is 763. The predicted octanol–water partition coefficient (Wildman–Crippen LogP) is 6.43. The minimum atomic E-state index is -0.230. The van der Waals surface area contributed by atoms with Gasteiger partial charge < -0.3 is 5.32 Å². The number of nitrogens with one attached hydrogen (secondary N) is 1. The van der Waals surface area contributed by atoms with Crippen molar-refractivity contribution in [1.82, 2.24) is 4.98 Å². The van der Waals surface area contributed by atoms with Crippen LogP contribution in [0.25, 0.3) is 11.3 Å². The van der Waals surface area contributed by atoms with Crippen molar-refractivity contribution < 1.29 is 4.39 Å². The third-order valence-electron chi connectivity index (χ3n) is 3.92. The van der Waals surface area contributed by atoms with E-state index in [2.05, 4.69) is 41.5 Å². The zero-order valence-electron chi connectivity index (χ0n) is 13.8. The van der Waals surface area contributed by atoms with Crippen molar-refractivity contribution in [3.05, 3.63) is 65.3 Å². The minimum absolute atomic E-state index is 0.230. The van der Waals surface area contributed by atoms with Gasteiger partial charge in [0, 0.05) is 16.6 Å². The van der Waals surface area contributed by atoms with Gasteiger partial charge in [0.1, 0.15) is 5.82 Å². The first-order chi connectivity index (χ1) is 11.7. The number of hydrogen-bond donors (Lipinski definition) is 1. The van der Waals surface area contributed by atoms with Crippen molar-refractivity contribution in [2.24, 2.45) is 0 Å². The molecule has 3 rings (SSSR count). The van der Waals surface area contributed by atoms with E-state index < -0.39 is 0 Å². The average molecular weight is 340 g/mol. The Hall–Kier alpha value is -2.20. The van der Waals surface area contributed by atoms with Gasteiger partial charge in [-0.2, -0.15) is 0 Å². The Balaban J connectivity index is 1.63. The van der Waals surface area contributed by atoms with Gasteiger partial charge in [-0.25, -0.2) is 9.37 Å². The molecule has 0 aliphatic heterocycles. The molecule has 0 amide bonds. The summed E-state index contributed by atoms with van der Waals surface area (Å²) in [4.78, 5) is 4.57. The van der Waals surface area contributed by atoms with Crippen molar-refractivity contribution in [3.8, 4) is 11.3 Å². The Morgan fingerprint density at radius 2 is 1.75 bits per heavy atom. The summed E-state index contributed by atoms with van der Waals surface area (Å²) in [5.41, 5.74) is 4.19. The summed E-state index contributed by atoms with van der Waals surface area (Å²) in [6.45, 7) is 2.22. The quantitative estimate of drug-likeness (QED) is 0.502. The van der Waals surface area contributed by atoms with Crippen LogP contribution in [-0.4, -0.2) is 4.98 Å². The van der Waals surface area contributed by atoms with Crippen LogP contribution >= 0.6 is 11.3 Å². The number of anilines is 2. The molecule has 3 aromatic rings. The second-order valence-electron chi connectivity index (χ2n) is 5.82. The molecule has 0 saturated heterocycles. The van der Waals surface area contributed by atoms with Gasteiger partial charge in [-0.15, -0.1) is 11.3 Å². The molecule has 24 heavy (non-hydrogen) atoms. The van der Waals surface area contributed by atoms with Gasteiger partial charge in [0.2, 0.25) is 0 Å². The summed E-state index contributed by atoms with van der Waals surface area (Å²) in [6.07, 6.45) is 4.92. The number of nitrogens with zero attached hydrogens (tertiary/aromatic N) is 1. The van der Waals surface area contributed by atoms with E-state index in [-0.39, 0.29) is 5.82 Å². The maximum Gasteiger partial charge on any atom is 0.187 e. The molecular formula is C20H21FN2S. The van der Waals surface area contributed by atoms with E-state index in [1.54, 1.807) is 23.5 Å². The van der Waals surface area contributed by atoms with E-state index in [9.17, 15) is 4.39 Å². The lowest BCUT2D eigenvalue weighted by molar-refractivity contribution is 0.628. The Kier molecular flexibility index (Phi) is 5.59. The van der Waals surface area contributed by atoms with Crippen molar-refractivity contribution in [3.63, 3.8) is 0 Å². The monoisotopic (exact) mass is 340 g/mol. The fourth-order valence-corrected chi connectivity index (χ4v) is 3.28. The molecule has 124 valence electrons. The number of aryl methyl sites for hydroxylation is 1. The number of thiazole rings is 1. The molecule has 0 saturated carbocycles. The van der Waals surface area contributed by atoms with Gasteiger partial charge in [0.05, 0.1) is 5.69 Å². The maximum absolute atomic E-state index is 13.0. The first kappa shape index (κ1) is 16.7. The lowest BCUT2D eigenvalue weighted by Gasteiger charge is -2.05. The van der Waals surface area contributed by atoms with Gasteiger partial charge >= 0.3 is 0 Å². The molecule has 0 atom stereocenters. The summed E-state index contributed by atoms with van der Waals surface area (Å²) in [5.74, 6) is -0.230. The van der Waals surface area contributed by atoms with Crippen molar-refractivity contribution in [2.45, 2.75) is 32.6 Å². The van der Waals surface area contributed by atoms with E-state index in [1.165, 1.54) is 37.0 Å². The smallest absolute Gasteiger partial charge is 0.187 e. The molecule has 1 heterocycles. The highest BCUT2D eigenvalue weighted by atomic mass is 32.1. The fourth-order valence-electron chi connectivity index (χ4n) is 2.54. The van der Waals surface area contributed by atoms with Crippen LogP contribution in [0, 0.1) is 5.82 Å². The van der Waals surface area contributed by atoms with Gasteiger partial charge in [0.25, 0.3) is 0 Å². The molecule has 2 nitrogen and oxygen atoms in total. The molecule has 0 aliphatic carbocycles. The Morgan fingerprint density at radius 1 is 1.00 bits per heavy atom. The summed E-state index contributed by atoms with van der Waals surface area (Å²) in [7, 11) is 0. The number of hydrogen-bond acceptors (Lipinski definition) is 3. The number of benzene rings is 2. The van der Waals surface area contributed by atoms with Crippen LogP contribution in [-0.2, 0) is 6.42 Å². The fraction of sp³-hybridized carbons (Fsp3) is 0.250. The van der Waals surface area contributed by atoms with E-state index >= 15 is 0 Å². The lowest BCUT2D eigenvalue weighted by Crippen LogP contribution is -1.91. The maximum atomic E-state index is 13.0. The molecule has 0 radical (unpaired) electrons. The van der Waals surface area contributed by atoms with E-state index in [0.717, 1.165) is 28.5 Å². The van der Waals surface area contributed by atoms with Crippen LogP contribution in [0.1, 0.15) is 31.7 Å². The van der Waals surface area contributed by atoms with Gasteiger partial charge in [0.15, 0.2) is 5.13 Å². The van der Waals surface area contributed by atoms with Crippen LogP contribution in [0.5, 0.6) is 0 Å². The molecule has 4 heteroatoms. The van der Waals surface area contributed by atoms with Crippen LogP contribution in [0.3, 0.4) is 0 Å². The number of unbranched alkanes of at least 4 members (excludes halogenated alkanes) is 2. The summed E-state index contributed by atoms with van der Waals surface area (Å²) in [6, 6.07) is 15.0. The van der Waals surface area contributed by atoms with Gasteiger partial charge in [-0.3, -0.25) is 0 Å². The van der Waals surface area contributed by atoms with Crippen molar-refractivity contribution in [2.75, 3.05) is 5.32 Å². The highest BCUT2D eigenvalue weighted by Gasteiger charge is 2.05. The largest absolute Gasteiger partial charge is 0.332 e. The van der Waals surface area contributed by atoms with Crippen LogP contribution < -0.4 is 5.32 Å². The number of aromatic nitrogens is 1. The zero-order chi connectivity index (χ0) is 16.8. The molecule has 0 bridgehead atoms. The van der Waals surface area contributed by atoms with Gasteiger partial charge in [-0.05, 0) is 54.8 Å². The number of halogens is 1. The van der Waals surface area contributed by atoms with Crippen LogP contribution in [0.15, 0.2) is 53.9 Å². The van der Waals surface area contributed by atoms with Crippen LogP contribution in [0.4, 0.5) is 15.2 Å². The summed E-state index contributed by atoms with van der Waals surface area (Å²) >= 11 is 1.55. The zero-order valence-corrected chi connectivity index (χ0v) is 14.6. The van der Waals surface area contributed by atoms with Gasteiger partial charge in [-0.1, -0.05) is 31.9 Å². The summed E-state index contributed by atoms with van der Waals surface area (Å²) in [5, 5.41) is 6.15. The third-order valence-corrected chi connectivity index (χ3v) is 4.68. The molecule has 0 aliphatic rings. The minimum Gasteiger partial charge on any atom is -0.332 e. The standard InChI is InChI=1S/C20H21FN2S/c1-2-3-4-5-15-6-12-18(13-7-15)22-20-23-19(14-24-20)16-8-10-17(21)11-9-16/h6-14H,2-5H2,1H3,(H,22,23). The molecule has 0 spiro atoms. The highest BCUT2D eigenvalue weighted by molar-refractivity contribution is 7.14. The molecule has 1 N–H and O–H groups in total.